The smallest absolute Gasteiger partial charge is 0.407 e. The molecular weight excluding hydrogens is 366 g/mol. The van der Waals surface area contributed by atoms with E-state index in [4.69, 9.17) is 15.6 Å². The Kier molecular flexibility index (Phi) is 10.8. The minimum atomic E-state index is -1.06. The van der Waals surface area contributed by atoms with E-state index in [2.05, 4.69) is 10.6 Å². The molecule has 3 amide bonds. The van der Waals surface area contributed by atoms with Crippen molar-refractivity contribution < 1.29 is 29.0 Å². The molecule has 0 aromatic heterocycles. The third-order valence-electron chi connectivity index (χ3n) is 3.89. The van der Waals surface area contributed by atoms with Gasteiger partial charge in [-0.3, -0.25) is 14.4 Å². The topological polar surface area (TPSA) is 148 Å². The van der Waals surface area contributed by atoms with Crippen LogP contribution in [0.3, 0.4) is 0 Å². The summed E-state index contributed by atoms with van der Waals surface area (Å²) in [6.45, 7) is 0.632. The van der Waals surface area contributed by atoms with Crippen molar-refractivity contribution in [2.75, 3.05) is 6.54 Å². The Labute approximate surface area is 163 Å². The summed E-state index contributed by atoms with van der Waals surface area (Å²) in [7, 11) is 0. The Balaban J connectivity index is 2.09. The highest BCUT2D eigenvalue weighted by Crippen LogP contribution is 2.03. The standard InChI is InChI=1S/C19H27N3O6/c20-18(26)15(10-11-17(24)25)22-16(23)9-5-2-6-12-21-19(27)28-13-14-7-3-1-4-8-14/h1,3-4,7-8,15H,2,5-6,9-13H2,(H2,20,26)(H,21,27)(H,22,23)(H,24,25)/t15-/m0/s1. The minimum absolute atomic E-state index is 0.0363. The van der Waals surface area contributed by atoms with Gasteiger partial charge < -0.3 is 26.2 Å². The molecule has 0 radical (unpaired) electrons. The van der Waals surface area contributed by atoms with Gasteiger partial charge in [0.05, 0.1) is 0 Å². The highest BCUT2D eigenvalue weighted by molar-refractivity contribution is 5.86. The van der Waals surface area contributed by atoms with E-state index in [0.29, 0.717) is 25.8 Å². The molecule has 0 unspecified atom stereocenters. The number of carboxylic acids is 1. The second-order valence-electron chi connectivity index (χ2n) is 6.25. The Morgan fingerprint density at radius 2 is 1.75 bits per heavy atom. The van der Waals surface area contributed by atoms with Crippen LogP contribution >= 0.6 is 0 Å². The van der Waals surface area contributed by atoms with Crippen LogP contribution < -0.4 is 16.4 Å². The van der Waals surface area contributed by atoms with Gasteiger partial charge in [0, 0.05) is 19.4 Å². The van der Waals surface area contributed by atoms with Crippen LogP contribution in [0.5, 0.6) is 0 Å². The molecular formula is C19H27N3O6. The highest BCUT2D eigenvalue weighted by atomic mass is 16.5. The van der Waals surface area contributed by atoms with Crippen molar-refractivity contribution in [3.05, 3.63) is 35.9 Å². The average molecular weight is 393 g/mol. The van der Waals surface area contributed by atoms with Gasteiger partial charge in [0.25, 0.3) is 0 Å². The number of hydrogen-bond acceptors (Lipinski definition) is 5. The van der Waals surface area contributed by atoms with Gasteiger partial charge in [-0.1, -0.05) is 36.8 Å². The van der Waals surface area contributed by atoms with Crippen molar-refractivity contribution in [3.63, 3.8) is 0 Å². The summed E-state index contributed by atoms with van der Waals surface area (Å²) in [6.07, 6.45) is 1.34. The predicted octanol–water partition coefficient (Wildman–Crippen LogP) is 1.31. The van der Waals surface area contributed by atoms with E-state index in [1.807, 2.05) is 30.3 Å². The van der Waals surface area contributed by atoms with Crippen LogP contribution in [0.25, 0.3) is 0 Å². The van der Waals surface area contributed by atoms with Crippen molar-refractivity contribution in [1.29, 1.82) is 0 Å². The summed E-state index contributed by atoms with van der Waals surface area (Å²) in [5, 5.41) is 13.7. The summed E-state index contributed by atoms with van der Waals surface area (Å²) in [4.78, 5) is 45.2. The van der Waals surface area contributed by atoms with Crippen LogP contribution in [-0.4, -0.2) is 41.6 Å². The van der Waals surface area contributed by atoms with Crippen molar-refractivity contribution in [2.45, 2.75) is 51.2 Å². The summed E-state index contributed by atoms with van der Waals surface area (Å²) in [6, 6.07) is 8.36. The monoisotopic (exact) mass is 393 g/mol. The van der Waals surface area contributed by atoms with E-state index in [0.717, 1.165) is 5.56 Å². The Bertz CT molecular complexity index is 650. The van der Waals surface area contributed by atoms with E-state index in [-0.39, 0.29) is 31.8 Å². The van der Waals surface area contributed by atoms with Gasteiger partial charge in [-0.25, -0.2) is 4.79 Å². The Morgan fingerprint density at radius 1 is 1.04 bits per heavy atom. The molecule has 5 N–H and O–H groups in total. The molecule has 0 fully saturated rings. The molecule has 28 heavy (non-hydrogen) atoms. The zero-order chi connectivity index (χ0) is 20.8. The molecule has 1 aromatic rings. The predicted molar refractivity (Wildman–Crippen MR) is 101 cm³/mol. The number of carboxylic acid groups (broad SMARTS) is 1. The van der Waals surface area contributed by atoms with E-state index in [9.17, 15) is 19.2 Å². The first-order chi connectivity index (χ1) is 13.4. The van der Waals surface area contributed by atoms with Gasteiger partial charge in [0.15, 0.2) is 0 Å². The first-order valence-corrected chi connectivity index (χ1v) is 9.13. The maximum absolute atomic E-state index is 11.8. The van der Waals surface area contributed by atoms with Crippen LogP contribution in [0.2, 0.25) is 0 Å². The number of carbonyl (C=O) groups excluding carboxylic acids is 3. The van der Waals surface area contributed by atoms with E-state index in [1.165, 1.54) is 0 Å². The molecule has 1 atom stereocenters. The number of aliphatic carboxylic acids is 1. The molecule has 0 aliphatic carbocycles. The maximum Gasteiger partial charge on any atom is 0.407 e. The van der Waals surface area contributed by atoms with Crippen molar-refractivity contribution in [1.82, 2.24) is 10.6 Å². The first kappa shape index (κ1) is 22.9. The number of primary amides is 1. The van der Waals surface area contributed by atoms with Gasteiger partial charge in [-0.2, -0.15) is 0 Å². The normalized spacial score (nSPS) is 11.3. The second kappa shape index (κ2) is 13.1. The number of rotatable bonds is 13. The number of unbranched alkanes of at least 4 members (excludes halogenated alkanes) is 2. The zero-order valence-corrected chi connectivity index (χ0v) is 15.7. The van der Waals surface area contributed by atoms with Crippen LogP contribution in [0.1, 0.15) is 44.1 Å². The average Bonchev–Trinajstić information content (AvgIpc) is 2.66. The second-order valence-corrected chi connectivity index (χ2v) is 6.25. The van der Waals surface area contributed by atoms with Crippen LogP contribution in [0.15, 0.2) is 30.3 Å². The van der Waals surface area contributed by atoms with Gasteiger partial charge >= 0.3 is 12.1 Å². The SMILES string of the molecule is NC(=O)[C@H](CCC(=O)O)NC(=O)CCCCCNC(=O)OCc1ccccc1. The molecule has 9 nitrogen and oxygen atoms in total. The van der Waals surface area contributed by atoms with E-state index >= 15 is 0 Å². The zero-order valence-electron chi connectivity index (χ0n) is 15.7. The number of alkyl carbamates (subject to hydrolysis) is 1. The number of nitrogens with one attached hydrogen (secondary N) is 2. The molecule has 1 rings (SSSR count). The maximum atomic E-state index is 11.8. The van der Waals surface area contributed by atoms with Crippen molar-refractivity contribution in [3.8, 4) is 0 Å². The fourth-order valence-electron chi connectivity index (χ4n) is 2.37. The number of amides is 3. The number of nitrogens with two attached hydrogens (primary N) is 1. The highest BCUT2D eigenvalue weighted by Gasteiger charge is 2.18. The molecule has 9 heteroatoms. The lowest BCUT2D eigenvalue weighted by atomic mass is 10.1. The lowest BCUT2D eigenvalue weighted by Crippen LogP contribution is -2.44. The minimum Gasteiger partial charge on any atom is -0.481 e. The quantitative estimate of drug-likeness (QED) is 0.371. The molecule has 0 aliphatic rings. The number of hydrogen-bond donors (Lipinski definition) is 4. The molecule has 0 saturated carbocycles. The van der Waals surface area contributed by atoms with Crippen LogP contribution in [0, 0.1) is 0 Å². The molecule has 1 aromatic carbocycles. The van der Waals surface area contributed by atoms with Crippen molar-refractivity contribution >= 4 is 23.9 Å². The van der Waals surface area contributed by atoms with Gasteiger partial charge in [-0.15, -0.1) is 0 Å². The number of ether oxygens (including phenoxy) is 1. The number of carbonyl (C=O) groups is 4. The lowest BCUT2D eigenvalue weighted by molar-refractivity contribution is -0.137. The molecule has 0 spiro atoms. The Morgan fingerprint density at radius 3 is 2.39 bits per heavy atom. The molecule has 0 saturated heterocycles. The fraction of sp³-hybridized carbons (Fsp3) is 0.474. The van der Waals surface area contributed by atoms with Gasteiger partial charge in [0.1, 0.15) is 12.6 Å². The van der Waals surface area contributed by atoms with Gasteiger partial charge in [0.2, 0.25) is 11.8 Å². The van der Waals surface area contributed by atoms with Crippen LogP contribution in [0.4, 0.5) is 4.79 Å². The van der Waals surface area contributed by atoms with E-state index < -0.39 is 24.0 Å². The molecule has 0 aliphatic heterocycles. The summed E-state index contributed by atoms with van der Waals surface area (Å²) < 4.78 is 5.08. The fourth-order valence-corrected chi connectivity index (χ4v) is 2.37. The summed E-state index contributed by atoms with van der Waals surface area (Å²) in [5.41, 5.74) is 6.06. The van der Waals surface area contributed by atoms with Crippen molar-refractivity contribution in [2.24, 2.45) is 5.73 Å². The first-order valence-electron chi connectivity index (χ1n) is 9.13. The third kappa shape index (κ3) is 10.8. The number of benzene rings is 1. The summed E-state index contributed by atoms with van der Waals surface area (Å²) >= 11 is 0. The molecule has 154 valence electrons. The third-order valence-corrected chi connectivity index (χ3v) is 3.89. The lowest BCUT2D eigenvalue weighted by Gasteiger charge is -2.14. The largest absolute Gasteiger partial charge is 0.481 e. The summed E-state index contributed by atoms with van der Waals surface area (Å²) in [5.74, 6) is -2.17. The van der Waals surface area contributed by atoms with E-state index in [1.54, 1.807) is 0 Å². The van der Waals surface area contributed by atoms with Crippen LogP contribution in [-0.2, 0) is 25.7 Å². The molecule has 0 bridgehead atoms. The molecule has 0 heterocycles. The van der Waals surface area contributed by atoms with Gasteiger partial charge in [-0.05, 0) is 24.8 Å². The Hall–Kier alpha value is -3.10.